The molecule has 0 unspecified atom stereocenters. The topological polar surface area (TPSA) is 76.7 Å². The third kappa shape index (κ3) is 2.34. The molecule has 3 rings (SSSR count). The highest BCUT2D eigenvalue weighted by Crippen LogP contribution is 2.14. The maximum Gasteiger partial charge on any atom is 0.161 e. The van der Waals surface area contributed by atoms with Crippen molar-refractivity contribution >= 4 is 0 Å². The Morgan fingerprint density at radius 1 is 1.11 bits per heavy atom. The summed E-state index contributed by atoms with van der Waals surface area (Å²) >= 11 is 0. The zero-order valence-electron chi connectivity index (χ0n) is 10.0. The van der Waals surface area contributed by atoms with Crippen LogP contribution in [0.25, 0.3) is 17.2 Å². The average Bonchev–Trinajstić information content (AvgIpc) is 2.97. The zero-order chi connectivity index (χ0) is 13.1. The van der Waals surface area contributed by atoms with Gasteiger partial charge in [0.15, 0.2) is 11.6 Å². The number of aromatic nitrogens is 5. The number of rotatable bonds is 3. The van der Waals surface area contributed by atoms with E-state index in [9.17, 15) is 0 Å². The molecule has 0 aliphatic carbocycles. The molecule has 0 saturated heterocycles. The second-order valence-electron chi connectivity index (χ2n) is 3.92. The Balaban J connectivity index is 2.00. The number of aliphatic hydroxyl groups excluding tert-OH is 1. The van der Waals surface area contributed by atoms with Crippen molar-refractivity contribution < 1.29 is 5.11 Å². The third-order valence-electron chi connectivity index (χ3n) is 2.61. The van der Waals surface area contributed by atoms with Gasteiger partial charge in [-0.2, -0.15) is 0 Å². The summed E-state index contributed by atoms with van der Waals surface area (Å²) in [4.78, 5) is 8.67. The fraction of sp³-hybridized carbons (Fsp3) is 0.0769. The second-order valence-corrected chi connectivity index (χ2v) is 3.92. The van der Waals surface area contributed by atoms with E-state index in [1.54, 1.807) is 18.5 Å². The first-order valence-corrected chi connectivity index (χ1v) is 5.78. The summed E-state index contributed by atoms with van der Waals surface area (Å²) in [6.07, 6.45) is 3.31. The summed E-state index contributed by atoms with van der Waals surface area (Å²) in [5, 5.41) is 16.7. The molecule has 2 aromatic heterocycles. The van der Waals surface area contributed by atoms with Crippen molar-refractivity contribution in [3.63, 3.8) is 0 Å². The van der Waals surface area contributed by atoms with E-state index in [1.165, 1.54) is 4.68 Å². The Bertz CT molecular complexity index is 680. The van der Waals surface area contributed by atoms with Crippen molar-refractivity contribution in [3.05, 3.63) is 54.5 Å². The third-order valence-corrected chi connectivity index (χ3v) is 2.61. The summed E-state index contributed by atoms with van der Waals surface area (Å²) in [7, 11) is 0. The average molecular weight is 253 g/mol. The molecule has 0 saturated carbocycles. The maximum atomic E-state index is 8.98. The number of nitrogens with zero attached hydrogens (tertiary/aromatic N) is 5. The SMILES string of the molecule is OCc1cn(-c2ccnc(-c3ccccc3)n2)nn1. The van der Waals surface area contributed by atoms with Crippen LogP contribution in [0.1, 0.15) is 5.69 Å². The molecular weight excluding hydrogens is 242 g/mol. The van der Waals surface area contributed by atoms with Crippen molar-refractivity contribution in [1.29, 1.82) is 0 Å². The summed E-state index contributed by atoms with van der Waals surface area (Å²) < 4.78 is 1.51. The van der Waals surface area contributed by atoms with Crippen molar-refractivity contribution in [2.45, 2.75) is 6.61 Å². The lowest BCUT2D eigenvalue weighted by Gasteiger charge is -2.02. The van der Waals surface area contributed by atoms with Gasteiger partial charge in [0.1, 0.15) is 5.69 Å². The first-order chi connectivity index (χ1) is 9.36. The van der Waals surface area contributed by atoms with Gasteiger partial charge in [-0.15, -0.1) is 5.10 Å². The highest BCUT2D eigenvalue weighted by molar-refractivity contribution is 5.55. The van der Waals surface area contributed by atoms with E-state index in [4.69, 9.17) is 5.11 Å². The summed E-state index contributed by atoms with van der Waals surface area (Å²) in [6, 6.07) is 11.4. The Morgan fingerprint density at radius 2 is 1.95 bits per heavy atom. The Morgan fingerprint density at radius 3 is 2.68 bits per heavy atom. The molecule has 1 aromatic carbocycles. The minimum Gasteiger partial charge on any atom is -0.390 e. The molecule has 0 aliphatic rings. The lowest BCUT2D eigenvalue weighted by Crippen LogP contribution is -2.00. The van der Waals surface area contributed by atoms with Crippen molar-refractivity contribution in [2.75, 3.05) is 0 Å². The van der Waals surface area contributed by atoms with Crippen LogP contribution in [0.2, 0.25) is 0 Å². The minimum absolute atomic E-state index is 0.142. The molecular formula is C13H11N5O. The van der Waals surface area contributed by atoms with Gasteiger partial charge >= 0.3 is 0 Å². The van der Waals surface area contributed by atoms with E-state index in [-0.39, 0.29) is 6.61 Å². The zero-order valence-corrected chi connectivity index (χ0v) is 10.0. The first-order valence-electron chi connectivity index (χ1n) is 5.78. The standard InChI is InChI=1S/C13H11N5O/c19-9-11-8-18(17-16-11)12-6-7-14-13(15-12)10-4-2-1-3-5-10/h1-8,19H,9H2. The Labute approximate surface area is 109 Å². The van der Waals surface area contributed by atoms with Crippen LogP contribution in [0.4, 0.5) is 0 Å². The summed E-state index contributed by atoms with van der Waals surface area (Å²) in [5.74, 6) is 1.24. The molecule has 0 amide bonds. The van der Waals surface area contributed by atoms with Crippen molar-refractivity contribution in [3.8, 4) is 17.2 Å². The predicted octanol–water partition coefficient (Wildman–Crippen LogP) is 1.22. The number of aliphatic hydroxyl groups is 1. The van der Waals surface area contributed by atoms with E-state index in [2.05, 4.69) is 20.3 Å². The van der Waals surface area contributed by atoms with Gasteiger partial charge in [0.05, 0.1) is 12.8 Å². The molecule has 0 fully saturated rings. The smallest absolute Gasteiger partial charge is 0.161 e. The number of hydrogen-bond donors (Lipinski definition) is 1. The van der Waals surface area contributed by atoms with E-state index in [1.807, 2.05) is 30.3 Å². The fourth-order valence-electron chi connectivity index (χ4n) is 1.69. The van der Waals surface area contributed by atoms with Gasteiger partial charge in [0.2, 0.25) is 0 Å². The Kier molecular flexibility index (Phi) is 2.99. The van der Waals surface area contributed by atoms with Crippen LogP contribution in [0, 0.1) is 0 Å². The van der Waals surface area contributed by atoms with E-state index in [0.717, 1.165) is 5.56 Å². The van der Waals surface area contributed by atoms with Crippen LogP contribution in [-0.4, -0.2) is 30.1 Å². The second kappa shape index (κ2) is 4.95. The largest absolute Gasteiger partial charge is 0.390 e. The van der Waals surface area contributed by atoms with Gasteiger partial charge in [-0.25, -0.2) is 14.6 Å². The van der Waals surface area contributed by atoms with E-state index < -0.39 is 0 Å². The molecule has 0 spiro atoms. The summed E-state index contributed by atoms with van der Waals surface area (Å²) in [5.41, 5.74) is 1.44. The van der Waals surface area contributed by atoms with Gasteiger partial charge in [-0.3, -0.25) is 0 Å². The molecule has 0 aliphatic heterocycles. The van der Waals surface area contributed by atoms with Crippen molar-refractivity contribution in [2.24, 2.45) is 0 Å². The van der Waals surface area contributed by atoms with Crippen LogP contribution >= 0.6 is 0 Å². The van der Waals surface area contributed by atoms with Gasteiger partial charge < -0.3 is 5.11 Å². The molecule has 0 bridgehead atoms. The molecule has 3 aromatic rings. The molecule has 6 nitrogen and oxygen atoms in total. The molecule has 19 heavy (non-hydrogen) atoms. The lowest BCUT2D eigenvalue weighted by molar-refractivity contribution is 0.276. The van der Waals surface area contributed by atoms with Gasteiger partial charge in [-0.05, 0) is 0 Å². The molecule has 1 N–H and O–H groups in total. The first kappa shape index (κ1) is 11.5. The highest BCUT2D eigenvalue weighted by atomic mass is 16.3. The van der Waals surface area contributed by atoms with Crippen LogP contribution in [0.3, 0.4) is 0 Å². The van der Waals surface area contributed by atoms with Crippen LogP contribution in [0.5, 0.6) is 0 Å². The number of hydrogen-bond acceptors (Lipinski definition) is 5. The molecule has 6 heteroatoms. The molecule has 0 atom stereocenters. The highest BCUT2D eigenvalue weighted by Gasteiger charge is 2.06. The molecule has 0 radical (unpaired) electrons. The lowest BCUT2D eigenvalue weighted by atomic mass is 10.2. The monoisotopic (exact) mass is 253 g/mol. The van der Waals surface area contributed by atoms with Crippen molar-refractivity contribution in [1.82, 2.24) is 25.0 Å². The van der Waals surface area contributed by atoms with Crippen LogP contribution in [0.15, 0.2) is 48.8 Å². The van der Waals surface area contributed by atoms with Gasteiger partial charge in [-0.1, -0.05) is 35.5 Å². The van der Waals surface area contributed by atoms with Gasteiger partial charge in [0.25, 0.3) is 0 Å². The fourth-order valence-corrected chi connectivity index (χ4v) is 1.69. The number of benzene rings is 1. The summed E-state index contributed by atoms with van der Waals surface area (Å²) in [6.45, 7) is -0.142. The predicted molar refractivity (Wildman–Crippen MR) is 68.3 cm³/mol. The van der Waals surface area contributed by atoms with E-state index >= 15 is 0 Å². The molecule has 2 heterocycles. The molecule has 94 valence electrons. The van der Waals surface area contributed by atoms with Gasteiger partial charge in [0, 0.05) is 17.8 Å². The maximum absolute atomic E-state index is 8.98. The Hall–Kier alpha value is -2.60. The normalized spacial score (nSPS) is 10.6. The van der Waals surface area contributed by atoms with Crippen LogP contribution < -0.4 is 0 Å². The quantitative estimate of drug-likeness (QED) is 0.759. The van der Waals surface area contributed by atoms with E-state index in [0.29, 0.717) is 17.3 Å². The van der Waals surface area contributed by atoms with Crippen LogP contribution in [-0.2, 0) is 6.61 Å². The minimum atomic E-state index is -0.142.